The fraction of sp³-hybridized carbons (Fsp3) is 0.0455. The van der Waals surface area contributed by atoms with Crippen LogP contribution in [0.15, 0.2) is 83.8 Å². The number of sulfone groups is 1. The Hall–Kier alpha value is -3.49. The molecule has 0 aliphatic heterocycles. The van der Waals surface area contributed by atoms with E-state index in [1.165, 1.54) is 18.2 Å². The Balaban J connectivity index is 1.74. The highest BCUT2D eigenvalue weighted by Crippen LogP contribution is 2.26. The first-order chi connectivity index (χ1) is 14.8. The van der Waals surface area contributed by atoms with Crippen molar-refractivity contribution in [1.82, 2.24) is 14.8 Å². The minimum absolute atomic E-state index is 0.0416. The molecule has 156 valence electrons. The third kappa shape index (κ3) is 4.50. The smallest absolute Gasteiger partial charge is 0.295 e. The van der Waals surface area contributed by atoms with Crippen LogP contribution in [-0.2, 0) is 9.84 Å². The highest BCUT2D eigenvalue weighted by Gasteiger charge is 2.20. The number of hydrogen-bond donors (Lipinski definition) is 1. The van der Waals surface area contributed by atoms with Crippen LogP contribution in [0.2, 0.25) is 5.02 Å². The summed E-state index contributed by atoms with van der Waals surface area (Å²) in [6.07, 6.45) is 1.08. The van der Waals surface area contributed by atoms with E-state index in [0.29, 0.717) is 5.82 Å². The third-order valence-corrected chi connectivity index (χ3v) is 5.90. The molecule has 0 radical (unpaired) electrons. The zero-order valence-corrected chi connectivity index (χ0v) is 17.9. The van der Waals surface area contributed by atoms with Gasteiger partial charge in [0.15, 0.2) is 15.7 Å². The summed E-state index contributed by atoms with van der Waals surface area (Å²) in [5.41, 5.74) is 1.69. The average molecular weight is 453 g/mol. The van der Waals surface area contributed by atoms with Crippen molar-refractivity contribution in [2.45, 2.75) is 4.90 Å². The predicted octanol–water partition coefficient (Wildman–Crippen LogP) is 4.24. The molecule has 4 aromatic rings. The zero-order valence-electron chi connectivity index (χ0n) is 16.4. The van der Waals surface area contributed by atoms with E-state index in [-0.39, 0.29) is 21.4 Å². The average Bonchev–Trinajstić information content (AvgIpc) is 3.21. The number of aromatic nitrogens is 3. The van der Waals surface area contributed by atoms with Gasteiger partial charge in [-0.05, 0) is 30.3 Å². The molecule has 0 saturated carbocycles. The second kappa shape index (κ2) is 8.33. The van der Waals surface area contributed by atoms with E-state index in [4.69, 9.17) is 11.6 Å². The van der Waals surface area contributed by atoms with Crippen LogP contribution < -0.4 is 5.32 Å². The Bertz CT molecular complexity index is 1300. The van der Waals surface area contributed by atoms with Crippen molar-refractivity contribution in [2.24, 2.45) is 0 Å². The molecule has 0 aliphatic carbocycles. The summed E-state index contributed by atoms with van der Waals surface area (Å²) in [5, 5.41) is 7.20. The van der Waals surface area contributed by atoms with Crippen LogP contribution in [0.25, 0.3) is 17.1 Å². The lowest BCUT2D eigenvalue weighted by molar-refractivity contribution is 0.101. The summed E-state index contributed by atoms with van der Waals surface area (Å²) in [6.45, 7) is 0. The fourth-order valence-electron chi connectivity index (χ4n) is 2.94. The van der Waals surface area contributed by atoms with Gasteiger partial charge in [-0.1, -0.05) is 60.1 Å². The molecular weight excluding hydrogens is 436 g/mol. The number of amides is 1. The van der Waals surface area contributed by atoms with Crippen LogP contribution in [0, 0.1) is 0 Å². The van der Waals surface area contributed by atoms with Gasteiger partial charge in [0.05, 0.1) is 21.3 Å². The number of nitrogens with zero attached hydrogens (tertiary/aromatic N) is 3. The van der Waals surface area contributed by atoms with E-state index in [0.717, 1.165) is 17.5 Å². The lowest BCUT2D eigenvalue weighted by atomic mass is 10.2. The Labute approximate surface area is 184 Å². The molecule has 0 bridgehead atoms. The zero-order chi connectivity index (χ0) is 22.0. The standard InChI is InChI=1S/C22H17ClN4O3S/c1-31(29,30)17-12-13-18(23)19(14-17)24-22(28)20-25-21(15-8-4-2-5-9-15)27(26-20)16-10-6-3-7-11-16/h2-14H,1H3,(H,24,28). The molecule has 3 aromatic carbocycles. The highest BCUT2D eigenvalue weighted by molar-refractivity contribution is 7.90. The topological polar surface area (TPSA) is 94.0 Å². The SMILES string of the molecule is CS(=O)(=O)c1ccc(Cl)c(NC(=O)c2nc(-c3ccccc3)n(-c3ccccc3)n2)c1. The predicted molar refractivity (Wildman–Crippen MR) is 119 cm³/mol. The van der Waals surface area contributed by atoms with Gasteiger partial charge in [0.25, 0.3) is 5.91 Å². The first-order valence-electron chi connectivity index (χ1n) is 9.22. The molecule has 0 fully saturated rings. The number of carbonyl (C=O) groups is 1. The van der Waals surface area contributed by atoms with E-state index in [1.807, 2.05) is 60.7 Å². The van der Waals surface area contributed by atoms with Gasteiger partial charge in [-0.15, -0.1) is 5.10 Å². The molecule has 0 spiro atoms. The second-order valence-electron chi connectivity index (χ2n) is 6.74. The first kappa shape index (κ1) is 20.8. The maximum absolute atomic E-state index is 12.9. The van der Waals surface area contributed by atoms with E-state index < -0.39 is 15.7 Å². The Kier molecular flexibility index (Phi) is 5.58. The first-order valence-corrected chi connectivity index (χ1v) is 11.5. The van der Waals surface area contributed by atoms with E-state index in [1.54, 1.807) is 4.68 Å². The normalized spacial score (nSPS) is 11.3. The lowest BCUT2D eigenvalue weighted by Crippen LogP contribution is -2.15. The molecule has 7 nitrogen and oxygen atoms in total. The molecule has 0 aliphatic rings. The minimum Gasteiger partial charge on any atom is -0.318 e. The summed E-state index contributed by atoms with van der Waals surface area (Å²) in [6, 6.07) is 22.8. The summed E-state index contributed by atoms with van der Waals surface area (Å²) in [4.78, 5) is 17.4. The van der Waals surface area contributed by atoms with Crippen LogP contribution >= 0.6 is 11.6 Å². The van der Waals surface area contributed by atoms with Crippen molar-refractivity contribution >= 4 is 33.0 Å². The Morgan fingerprint density at radius 1 is 0.968 bits per heavy atom. The maximum Gasteiger partial charge on any atom is 0.295 e. The van der Waals surface area contributed by atoms with Crippen molar-refractivity contribution in [3.63, 3.8) is 0 Å². The van der Waals surface area contributed by atoms with Crippen LogP contribution in [-0.4, -0.2) is 35.3 Å². The number of carbonyl (C=O) groups excluding carboxylic acids is 1. The molecule has 0 atom stereocenters. The van der Waals surface area contributed by atoms with Crippen LogP contribution in [0.3, 0.4) is 0 Å². The number of para-hydroxylation sites is 1. The van der Waals surface area contributed by atoms with Crippen LogP contribution in [0.4, 0.5) is 5.69 Å². The molecule has 1 heterocycles. The monoisotopic (exact) mass is 452 g/mol. The maximum atomic E-state index is 12.9. The fourth-order valence-corrected chi connectivity index (χ4v) is 3.75. The van der Waals surface area contributed by atoms with E-state index >= 15 is 0 Å². The van der Waals surface area contributed by atoms with Gasteiger partial charge >= 0.3 is 0 Å². The van der Waals surface area contributed by atoms with Crippen molar-refractivity contribution in [3.05, 3.63) is 89.7 Å². The summed E-state index contributed by atoms with van der Waals surface area (Å²) in [5.74, 6) is -0.198. The molecule has 0 saturated heterocycles. The molecule has 1 amide bonds. The number of hydrogen-bond acceptors (Lipinski definition) is 5. The number of benzene rings is 3. The summed E-state index contributed by atoms with van der Waals surface area (Å²) >= 11 is 6.15. The largest absolute Gasteiger partial charge is 0.318 e. The number of rotatable bonds is 5. The van der Waals surface area contributed by atoms with Gasteiger partial charge in [-0.25, -0.2) is 18.1 Å². The quantitative estimate of drug-likeness (QED) is 0.488. The molecule has 4 rings (SSSR count). The minimum atomic E-state index is -3.46. The molecule has 0 unspecified atom stereocenters. The number of nitrogens with one attached hydrogen (secondary N) is 1. The lowest BCUT2D eigenvalue weighted by Gasteiger charge is -2.07. The third-order valence-electron chi connectivity index (χ3n) is 4.46. The van der Waals surface area contributed by atoms with Crippen molar-refractivity contribution < 1.29 is 13.2 Å². The molecule has 31 heavy (non-hydrogen) atoms. The van der Waals surface area contributed by atoms with E-state index in [9.17, 15) is 13.2 Å². The second-order valence-corrected chi connectivity index (χ2v) is 9.16. The van der Waals surface area contributed by atoms with Gasteiger partial charge in [-0.2, -0.15) is 0 Å². The van der Waals surface area contributed by atoms with Crippen LogP contribution in [0.1, 0.15) is 10.6 Å². The van der Waals surface area contributed by atoms with Crippen LogP contribution in [0.5, 0.6) is 0 Å². The molecule has 9 heteroatoms. The molecule has 1 N–H and O–H groups in total. The Morgan fingerprint density at radius 2 is 1.61 bits per heavy atom. The molecular formula is C22H17ClN4O3S. The number of anilines is 1. The number of halogens is 1. The van der Waals surface area contributed by atoms with Gasteiger partial charge in [0.2, 0.25) is 5.82 Å². The van der Waals surface area contributed by atoms with Crippen molar-refractivity contribution in [2.75, 3.05) is 11.6 Å². The Morgan fingerprint density at radius 3 is 2.26 bits per heavy atom. The van der Waals surface area contributed by atoms with Gasteiger partial charge in [-0.3, -0.25) is 4.79 Å². The van der Waals surface area contributed by atoms with Gasteiger partial charge in [0, 0.05) is 11.8 Å². The van der Waals surface area contributed by atoms with Gasteiger partial charge < -0.3 is 5.32 Å². The summed E-state index contributed by atoms with van der Waals surface area (Å²) in [7, 11) is -3.46. The van der Waals surface area contributed by atoms with Gasteiger partial charge in [0.1, 0.15) is 0 Å². The highest BCUT2D eigenvalue weighted by atomic mass is 35.5. The van der Waals surface area contributed by atoms with Crippen molar-refractivity contribution in [1.29, 1.82) is 0 Å². The molecule has 1 aromatic heterocycles. The summed E-state index contributed by atoms with van der Waals surface area (Å²) < 4.78 is 25.2. The van der Waals surface area contributed by atoms with E-state index in [2.05, 4.69) is 15.4 Å². The van der Waals surface area contributed by atoms with Crippen molar-refractivity contribution in [3.8, 4) is 17.1 Å².